The zero-order valence-electron chi connectivity index (χ0n) is 13.5. The Balaban J connectivity index is 0.000000188. The number of benzene rings is 1. The van der Waals surface area contributed by atoms with Crippen molar-refractivity contribution in [2.45, 2.75) is 26.7 Å². The van der Waals surface area contributed by atoms with Gasteiger partial charge in [-0.25, -0.2) is 4.98 Å². The van der Waals surface area contributed by atoms with Gasteiger partial charge < -0.3 is 4.42 Å². The van der Waals surface area contributed by atoms with E-state index in [4.69, 9.17) is 4.42 Å². The maximum absolute atomic E-state index is 5.43. The van der Waals surface area contributed by atoms with Crippen molar-refractivity contribution in [3.63, 3.8) is 0 Å². The topological polar surface area (TPSA) is 38.9 Å². The molecular weight excluding hydrogens is 284 g/mol. The zero-order chi connectivity index (χ0) is 16.1. The van der Waals surface area contributed by atoms with Gasteiger partial charge in [-0.2, -0.15) is 0 Å². The molecule has 3 aromatic rings. The van der Waals surface area contributed by atoms with Gasteiger partial charge >= 0.3 is 0 Å². The highest BCUT2D eigenvalue weighted by Gasteiger charge is 2.04. The summed E-state index contributed by atoms with van der Waals surface area (Å²) in [5, 5.41) is 0. The van der Waals surface area contributed by atoms with Crippen molar-refractivity contribution in [2.75, 3.05) is 0 Å². The Kier molecular flexibility index (Phi) is 4.67. The van der Waals surface area contributed by atoms with Gasteiger partial charge in [0.05, 0.1) is 0 Å². The average Bonchev–Trinajstić information content (AvgIpc) is 2.96. The summed E-state index contributed by atoms with van der Waals surface area (Å²) in [6, 6.07) is 9.93. The molecule has 0 saturated heterocycles. The lowest BCUT2D eigenvalue weighted by molar-refractivity contribution is 0.561. The van der Waals surface area contributed by atoms with Gasteiger partial charge in [-0.15, -0.1) is 0 Å². The summed E-state index contributed by atoms with van der Waals surface area (Å²) >= 11 is 0. The summed E-state index contributed by atoms with van der Waals surface area (Å²) in [7, 11) is 0. The molecule has 116 valence electrons. The number of aryl methyl sites for hydroxylation is 1. The summed E-state index contributed by atoms with van der Waals surface area (Å²) in [4.78, 5) is 8.41. The van der Waals surface area contributed by atoms with Crippen molar-refractivity contribution in [1.82, 2.24) is 9.97 Å². The molecule has 0 saturated carbocycles. The first-order chi connectivity index (χ1) is 11.2. The van der Waals surface area contributed by atoms with Crippen molar-refractivity contribution in [2.24, 2.45) is 0 Å². The Morgan fingerprint density at radius 2 is 2.00 bits per heavy atom. The Labute approximate surface area is 136 Å². The largest absolute Gasteiger partial charge is 0.441 e. The molecule has 0 spiro atoms. The number of nitrogens with zero attached hydrogens (tertiary/aromatic N) is 2. The van der Waals surface area contributed by atoms with Gasteiger partial charge in [-0.3, -0.25) is 4.98 Å². The quantitative estimate of drug-likeness (QED) is 0.597. The Hall–Kier alpha value is -2.68. The normalized spacial score (nSPS) is 13.4. The maximum Gasteiger partial charge on any atom is 0.192 e. The van der Waals surface area contributed by atoms with Crippen LogP contribution >= 0.6 is 0 Å². The monoisotopic (exact) mass is 304 g/mol. The molecule has 0 bridgehead atoms. The minimum Gasteiger partial charge on any atom is -0.441 e. The van der Waals surface area contributed by atoms with E-state index in [0.29, 0.717) is 5.89 Å². The molecule has 0 unspecified atom stereocenters. The van der Waals surface area contributed by atoms with Crippen LogP contribution in [0.2, 0.25) is 0 Å². The predicted octanol–water partition coefficient (Wildman–Crippen LogP) is 5.48. The van der Waals surface area contributed by atoms with Gasteiger partial charge in [-0.1, -0.05) is 35.9 Å². The van der Waals surface area contributed by atoms with E-state index in [1.807, 2.05) is 43.5 Å². The molecule has 0 N–H and O–H groups in total. The number of fused-ring (bicyclic) bond motifs is 1. The summed E-state index contributed by atoms with van der Waals surface area (Å²) in [6.07, 6.45) is 12.6. The standard InChI is InChI=1S/C13H10N2O.C7H10/c1-9-15-12-7-10(4-5-13(12)16-9)11-3-2-6-14-8-11;1-7-5-3-2-4-6-7/h2-8H,1H3;2-3,5H,4,6H2,1H3. The average molecular weight is 304 g/mol. The summed E-state index contributed by atoms with van der Waals surface area (Å²) in [6.45, 7) is 4.02. The van der Waals surface area contributed by atoms with Gasteiger partial charge in [0.2, 0.25) is 0 Å². The summed E-state index contributed by atoms with van der Waals surface area (Å²) in [5.41, 5.74) is 5.41. The zero-order valence-corrected chi connectivity index (χ0v) is 13.5. The Bertz CT molecular complexity index is 844. The minimum absolute atomic E-state index is 0.693. The Morgan fingerprint density at radius 3 is 2.65 bits per heavy atom. The number of oxazole rings is 1. The highest BCUT2D eigenvalue weighted by molar-refractivity contribution is 5.80. The molecule has 1 aromatic carbocycles. The van der Waals surface area contributed by atoms with E-state index in [2.05, 4.69) is 35.1 Å². The first-order valence-electron chi connectivity index (χ1n) is 7.82. The van der Waals surface area contributed by atoms with E-state index >= 15 is 0 Å². The minimum atomic E-state index is 0.693. The maximum atomic E-state index is 5.43. The lowest BCUT2D eigenvalue weighted by Crippen LogP contribution is -1.79. The first kappa shape index (κ1) is 15.2. The molecule has 0 radical (unpaired) electrons. The number of aromatic nitrogens is 2. The number of pyridine rings is 1. The number of rotatable bonds is 1. The fraction of sp³-hybridized carbons (Fsp3) is 0.200. The third-order valence-corrected chi connectivity index (χ3v) is 3.71. The van der Waals surface area contributed by atoms with Crippen LogP contribution in [0.15, 0.2) is 70.9 Å². The van der Waals surface area contributed by atoms with Crippen LogP contribution < -0.4 is 0 Å². The molecule has 23 heavy (non-hydrogen) atoms. The first-order valence-corrected chi connectivity index (χ1v) is 7.82. The van der Waals surface area contributed by atoms with Gasteiger partial charge in [-0.05, 0) is 43.5 Å². The van der Waals surface area contributed by atoms with Crippen molar-refractivity contribution < 1.29 is 4.42 Å². The predicted molar refractivity (Wildman–Crippen MR) is 94.1 cm³/mol. The van der Waals surface area contributed by atoms with Crippen molar-refractivity contribution in [1.29, 1.82) is 0 Å². The lowest BCUT2D eigenvalue weighted by atomic mass is 10.1. The molecule has 3 heteroatoms. The lowest BCUT2D eigenvalue weighted by Gasteiger charge is -1.99. The van der Waals surface area contributed by atoms with Crippen LogP contribution in [0.4, 0.5) is 0 Å². The molecule has 0 fully saturated rings. The second-order valence-corrected chi connectivity index (χ2v) is 5.64. The SMILES string of the molecule is CC1=CC=CCC1.Cc1nc2cc(-c3cccnc3)ccc2o1. The number of hydrogen-bond donors (Lipinski definition) is 0. The van der Waals surface area contributed by atoms with Crippen LogP contribution in [0.1, 0.15) is 25.7 Å². The van der Waals surface area contributed by atoms with Crippen LogP contribution in [0.5, 0.6) is 0 Å². The molecule has 3 nitrogen and oxygen atoms in total. The van der Waals surface area contributed by atoms with E-state index in [9.17, 15) is 0 Å². The molecule has 0 aliphatic heterocycles. The van der Waals surface area contributed by atoms with Crippen LogP contribution in [0.25, 0.3) is 22.2 Å². The Morgan fingerprint density at radius 1 is 1.09 bits per heavy atom. The fourth-order valence-corrected chi connectivity index (χ4v) is 2.48. The van der Waals surface area contributed by atoms with E-state index < -0.39 is 0 Å². The van der Waals surface area contributed by atoms with Gasteiger partial charge in [0.25, 0.3) is 0 Å². The van der Waals surface area contributed by atoms with Crippen LogP contribution in [-0.4, -0.2) is 9.97 Å². The van der Waals surface area contributed by atoms with Crippen molar-refractivity contribution in [3.05, 3.63) is 72.4 Å². The molecule has 1 aliphatic rings. The highest BCUT2D eigenvalue weighted by Crippen LogP contribution is 2.23. The molecule has 1 aliphatic carbocycles. The second kappa shape index (κ2) is 7.05. The van der Waals surface area contributed by atoms with E-state index in [1.165, 1.54) is 18.4 Å². The molecule has 2 heterocycles. The summed E-state index contributed by atoms with van der Waals surface area (Å²) < 4.78 is 5.43. The molecule has 2 aromatic heterocycles. The molecule has 0 atom stereocenters. The van der Waals surface area contributed by atoms with Gasteiger partial charge in [0, 0.05) is 24.9 Å². The highest BCUT2D eigenvalue weighted by atomic mass is 16.3. The molecule has 0 amide bonds. The number of hydrogen-bond acceptors (Lipinski definition) is 3. The van der Waals surface area contributed by atoms with E-state index in [-0.39, 0.29) is 0 Å². The van der Waals surface area contributed by atoms with Crippen molar-refractivity contribution >= 4 is 11.1 Å². The second-order valence-electron chi connectivity index (χ2n) is 5.64. The van der Waals surface area contributed by atoms with Crippen LogP contribution in [0.3, 0.4) is 0 Å². The van der Waals surface area contributed by atoms with Gasteiger partial charge in [0.15, 0.2) is 11.5 Å². The van der Waals surface area contributed by atoms with Gasteiger partial charge in [0.1, 0.15) is 5.52 Å². The third-order valence-electron chi connectivity index (χ3n) is 3.71. The fourth-order valence-electron chi connectivity index (χ4n) is 2.48. The summed E-state index contributed by atoms with van der Waals surface area (Å²) in [5.74, 6) is 0.693. The smallest absolute Gasteiger partial charge is 0.192 e. The number of allylic oxidation sites excluding steroid dienone is 4. The van der Waals surface area contributed by atoms with E-state index in [0.717, 1.165) is 22.2 Å². The molecule has 4 rings (SSSR count). The molecular formula is C20H20N2O. The third kappa shape index (κ3) is 3.95. The van der Waals surface area contributed by atoms with Crippen LogP contribution in [0, 0.1) is 6.92 Å². The van der Waals surface area contributed by atoms with Crippen LogP contribution in [-0.2, 0) is 0 Å². The van der Waals surface area contributed by atoms with E-state index in [1.54, 1.807) is 6.20 Å². The van der Waals surface area contributed by atoms with Crippen molar-refractivity contribution in [3.8, 4) is 11.1 Å².